The number of nitrogens with zero attached hydrogens (tertiary/aromatic N) is 1. The quantitative estimate of drug-likeness (QED) is 0.815. The Morgan fingerprint density at radius 1 is 1.41 bits per heavy atom. The fourth-order valence-corrected chi connectivity index (χ4v) is 2.55. The molecule has 0 aliphatic carbocycles. The predicted octanol–water partition coefficient (Wildman–Crippen LogP) is 2.09. The minimum absolute atomic E-state index is 0.0487. The standard InChI is InChI=1S/C16H21ClN2O3/c1-11(2)19-10-12(9-15(19)20)16(21)18-7-8-22-14-5-3-13(17)4-6-14/h3-6,11-12H,7-10H2,1-2H3,(H,18,21)/t12-/m1/s1. The first kappa shape index (κ1) is 16.6. The van der Waals surface area contributed by atoms with E-state index in [1.54, 1.807) is 29.2 Å². The normalized spacial score (nSPS) is 17.9. The summed E-state index contributed by atoms with van der Waals surface area (Å²) in [6.07, 6.45) is 0.294. The summed E-state index contributed by atoms with van der Waals surface area (Å²) >= 11 is 5.79. The third-order valence-corrected chi connectivity index (χ3v) is 3.89. The number of ether oxygens (including phenoxy) is 1. The Morgan fingerprint density at radius 3 is 2.68 bits per heavy atom. The zero-order chi connectivity index (χ0) is 16.1. The third kappa shape index (κ3) is 4.37. The van der Waals surface area contributed by atoms with Crippen LogP contribution in [0.2, 0.25) is 5.02 Å². The van der Waals surface area contributed by atoms with Crippen molar-refractivity contribution in [2.75, 3.05) is 19.7 Å². The van der Waals surface area contributed by atoms with E-state index < -0.39 is 0 Å². The van der Waals surface area contributed by atoms with E-state index in [-0.39, 0.29) is 23.8 Å². The van der Waals surface area contributed by atoms with Crippen molar-refractivity contribution in [3.63, 3.8) is 0 Å². The van der Waals surface area contributed by atoms with Crippen LogP contribution >= 0.6 is 11.6 Å². The molecule has 0 bridgehead atoms. The van der Waals surface area contributed by atoms with Gasteiger partial charge >= 0.3 is 0 Å². The molecule has 0 aromatic heterocycles. The molecular weight excluding hydrogens is 304 g/mol. The number of hydrogen-bond donors (Lipinski definition) is 1. The van der Waals surface area contributed by atoms with Crippen LogP contribution in [-0.4, -0.2) is 42.5 Å². The maximum Gasteiger partial charge on any atom is 0.225 e. The number of hydrogen-bond acceptors (Lipinski definition) is 3. The molecule has 120 valence electrons. The number of rotatable bonds is 6. The van der Waals surface area contributed by atoms with Crippen LogP contribution in [0.3, 0.4) is 0 Å². The molecule has 2 rings (SSSR count). The van der Waals surface area contributed by atoms with Crippen molar-refractivity contribution in [2.24, 2.45) is 5.92 Å². The van der Waals surface area contributed by atoms with Gasteiger partial charge in [0.15, 0.2) is 0 Å². The molecule has 6 heteroatoms. The fourth-order valence-electron chi connectivity index (χ4n) is 2.42. The average Bonchev–Trinajstić information content (AvgIpc) is 2.87. The van der Waals surface area contributed by atoms with Gasteiger partial charge < -0.3 is 15.0 Å². The van der Waals surface area contributed by atoms with Crippen LogP contribution in [0.5, 0.6) is 5.75 Å². The monoisotopic (exact) mass is 324 g/mol. The van der Waals surface area contributed by atoms with E-state index in [0.29, 0.717) is 36.9 Å². The predicted molar refractivity (Wildman–Crippen MR) is 84.9 cm³/mol. The number of carbonyl (C=O) groups excluding carboxylic acids is 2. The number of carbonyl (C=O) groups is 2. The summed E-state index contributed by atoms with van der Waals surface area (Å²) in [4.78, 5) is 25.6. The van der Waals surface area contributed by atoms with Gasteiger partial charge in [-0.2, -0.15) is 0 Å². The van der Waals surface area contributed by atoms with Crippen LogP contribution < -0.4 is 10.1 Å². The Balaban J connectivity index is 1.70. The molecular formula is C16H21ClN2O3. The molecule has 1 heterocycles. The Hall–Kier alpha value is -1.75. The number of halogens is 1. The second-order valence-corrected chi connectivity index (χ2v) is 6.07. The van der Waals surface area contributed by atoms with Gasteiger partial charge in [-0.05, 0) is 38.1 Å². The average molecular weight is 325 g/mol. The van der Waals surface area contributed by atoms with Crippen molar-refractivity contribution >= 4 is 23.4 Å². The molecule has 1 atom stereocenters. The van der Waals surface area contributed by atoms with Crippen LogP contribution in [0.4, 0.5) is 0 Å². The van der Waals surface area contributed by atoms with Crippen LogP contribution in [-0.2, 0) is 9.59 Å². The molecule has 0 unspecified atom stereocenters. The highest BCUT2D eigenvalue weighted by atomic mass is 35.5. The Kier molecular flexibility index (Phi) is 5.66. The summed E-state index contributed by atoms with van der Waals surface area (Å²) in [5.41, 5.74) is 0. The van der Waals surface area contributed by atoms with E-state index in [9.17, 15) is 9.59 Å². The second kappa shape index (κ2) is 7.49. The van der Waals surface area contributed by atoms with Gasteiger partial charge in [-0.1, -0.05) is 11.6 Å². The van der Waals surface area contributed by atoms with E-state index in [0.717, 1.165) is 0 Å². The van der Waals surface area contributed by atoms with Crippen molar-refractivity contribution in [2.45, 2.75) is 26.3 Å². The highest BCUT2D eigenvalue weighted by Gasteiger charge is 2.35. The molecule has 1 aromatic rings. The van der Waals surface area contributed by atoms with Gasteiger partial charge in [0.1, 0.15) is 12.4 Å². The second-order valence-electron chi connectivity index (χ2n) is 5.63. The maximum atomic E-state index is 12.1. The van der Waals surface area contributed by atoms with E-state index in [1.165, 1.54) is 0 Å². The van der Waals surface area contributed by atoms with Crippen LogP contribution in [0.25, 0.3) is 0 Å². The zero-order valence-corrected chi connectivity index (χ0v) is 13.6. The fraction of sp³-hybridized carbons (Fsp3) is 0.500. The minimum Gasteiger partial charge on any atom is -0.492 e. The molecule has 22 heavy (non-hydrogen) atoms. The van der Waals surface area contributed by atoms with Crippen molar-refractivity contribution in [3.05, 3.63) is 29.3 Å². The van der Waals surface area contributed by atoms with Gasteiger partial charge in [0.2, 0.25) is 11.8 Å². The molecule has 1 N–H and O–H groups in total. The SMILES string of the molecule is CC(C)N1C[C@H](C(=O)NCCOc2ccc(Cl)cc2)CC1=O. The summed E-state index contributed by atoms with van der Waals surface area (Å²) in [6.45, 7) is 5.20. The molecule has 1 fully saturated rings. The largest absolute Gasteiger partial charge is 0.492 e. The lowest BCUT2D eigenvalue weighted by atomic mass is 10.1. The highest BCUT2D eigenvalue weighted by molar-refractivity contribution is 6.30. The van der Waals surface area contributed by atoms with Crippen molar-refractivity contribution in [3.8, 4) is 5.75 Å². The Bertz CT molecular complexity index is 531. The van der Waals surface area contributed by atoms with Gasteiger partial charge in [-0.3, -0.25) is 9.59 Å². The minimum atomic E-state index is -0.259. The van der Waals surface area contributed by atoms with Crippen LogP contribution in [0.1, 0.15) is 20.3 Å². The molecule has 2 amide bonds. The molecule has 1 aromatic carbocycles. The molecule has 1 saturated heterocycles. The number of nitrogens with one attached hydrogen (secondary N) is 1. The molecule has 0 spiro atoms. The zero-order valence-electron chi connectivity index (χ0n) is 12.8. The maximum absolute atomic E-state index is 12.1. The summed E-state index contributed by atoms with van der Waals surface area (Å²) in [5.74, 6) is 0.412. The third-order valence-electron chi connectivity index (χ3n) is 3.64. The number of amides is 2. The Morgan fingerprint density at radius 2 is 2.09 bits per heavy atom. The van der Waals surface area contributed by atoms with Gasteiger partial charge in [0.25, 0.3) is 0 Å². The molecule has 5 nitrogen and oxygen atoms in total. The van der Waals surface area contributed by atoms with Crippen molar-refractivity contribution in [1.29, 1.82) is 0 Å². The molecule has 1 aliphatic heterocycles. The van der Waals surface area contributed by atoms with Crippen LogP contribution in [0.15, 0.2) is 24.3 Å². The number of benzene rings is 1. The summed E-state index contributed by atoms with van der Waals surface area (Å²) in [5, 5.41) is 3.47. The summed E-state index contributed by atoms with van der Waals surface area (Å²) in [6, 6.07) is 7.19. The molecule has 0 saturated carbocycles. The molecule has 0 radical (unpaired) electrons. The van der Waals surface area contributed by atoms with Gasteiger partial charge in [-0.15, -0.1) is 0 Å². The lowest BCUT2D eigenvalue weighted by molar-refractivity contribution is -0.129. The highest BCUT2D eigenvalue weighted by Crippen LogP contribution is 2.20. The first-order chi connectivity index (χ1) is 10.5. The first-order valence-corrected chi connectivity index (χ1v) is 7.80. The lowest BCUT2D eigenvalue weighted by Crippen LogP contribution is -2.36. The van der Waals surface area contributed by atoms with Crippen molar-refractivity contribution < 1.29 is 14.3 Å². The van der Waals surface area contributed by atoms with E-state index in [2.05, 4.69) is 5.32 Å². The smallest absolute Gasteiger partial charge is 0.225 e. The summed E-state index contributed by atoms with van der Waals surface area (Å²) < 4.78 is 5.50. The van der Waals surface area contributed by atoms with E-state index >= 15 is 0 Å². The summed E-state index contributed by atoms with van der Waals surface area (Å²) in [7, 11) is 0. The van der Waals surface area contributed by atoms with Crippen molar-refractivity contribution in [1.82, 2.24) is 10.2 Å². The Labute approximate surface area is 135 Å². The lowest BCUT2D eigenvalue weighted by Gasteiger charge is -2.20. The van der Waals surface area contributed by atoms with Gasteiger partial charge in [0, 0.05) is 24.0 Å². The van der Waals surface area contributed by atoms with Gasteiger partial charge in [-0.25, -0.2) is 0 Å². The van der Waals surface area contributed by atoms with Gasteiger partial charge in [0.05, 0.1) is 12.5 Å². The first-order valence-electron chi connectivity index (χ1n) is 7.43. The topological polar surface area (TPSA) is 58.6 Å². The van der Waals surface area contributed by atoms with E-state index in [4.69, 9.17) is 16.3 Å². The number of likely N-dealkylation sites (tertiary alicyclic amines) is 1. The van der Waals surface area contributed by atoms with Crippen LogP contribution in [0, 0.1) is 5.92 Å². The molecule has 1 aliphatic rings. The van der Waals surface area contributed by atoms with E-state index in [1.807, 2.05) is 13.8 Å².